The number of benzene rings is 1. The highest BCUT2D eigenvalue weighted by atomic mass is 35.5. The van der Waals surface area contributed by atoms with E-state index in [0.29, 0.717) is 6.29 Å². The summed E-state index contributed by atoms with van der Waals surface area (Å²) in [6, 6.07) is 9.45. The fourth-order valence-corrected chi connectivity index (χ4v) is 3.42. The Hall–Kier alpha value is -1.02. The van der Waals surface area contributed by atoms with Crippen LogP contribution in [-0.2, 0) is 28.5 Å². The molecule has 2 aliphatic heterocycles. The SMILES string of the molecule is CO[C@H]1OC2CO[C@@H](c3ccccc3)O[C@H]2[C@@](Cl)(C=O)[C@H]1OC. The van der Waals surface area contributed by atoms with Gasteiger partial charge in [0.05, 0.1) is 6.61 Å². The fourth-order valence-electron chi connectivity index (χ4n) is 3.03. The lowest BCUT2D eigenvalue weighted by Gasteiger charge is -2.50. The number of hydrogen-bond acceptors (Lipinski definition) is 6. The zero-order valence-electron chi connectivity index (χ0n) is 12.9. The second-order valence-electron chi connectivity index (χ2n) is 5.51. The van der Waals surface area contributed by atoms with Crippen molar-refractivity contribution in [1.29, 1.82) is 0 Å². The lowest BCUT2D eigenvalue weighted by molar-refractivity contribution is -0.341. The first-order valence-electron chi connectivity index (χ1n) is 7.32. The number of aldehydes is 1. The Labute approximate surface area is 139 Å². The number of carbonyl (C=O) groups is 1. The van der Waals surface area contributed by atoms with Gasteiger partial charge < -0.3 is 28.5 Å². The number of methoxy groups -OCH3 is 2. The number of alkyl halides is 1. The standard InChI is InChI=1S/C16H19ClO6/c1-19-13-15(20-2)22-11-8-21-14(10-6-4-3-5-7-10)23-12(11)16(13,17)9-18/h3-7,9,11-15H,8H2,1-2H3/t11?,12-,13+,14-,15+,16+/m1/s1. The van der Waals surface area contributed by atoms with E-state index in [1.807, 2.05) is 30.3 Å². The lowest BCUT2D eigenvalue weighted by Crippen LogP contribution is -2.68. The molecule has 0 bridgehead atoms. The number of halogens is 1. The third-order valence-corrected chi connectivity index (χ3v) is 4.71. The van der Waals surface area contributed by atoms with Gasteiger partial charge in [-0.2, -0.15) is 0 Å². The molecule has 0 spiro atoms. The molecule has 2 fully saturated rings. The molecule has 6 atom stereocenters. The van der Waals surface area contributed by atoms with Crippen LogP contribution < -0.4 is 0 Å². The van der Waals surface area contributed by atoms with Crippen LogP contribution >= 0.6 is 11.6 Å². The third-order valence-electron chi connectivity index (χ3n) is 4.19. The van der Waals surface area contributed by atoms with Crippen molar-refractivity contribution in [2.45, 2.75) is 35.8 Å². The normalized spacial score (nSPS) is 40.4. The van der Waals surface area contributed by atoms with Crippen molar-refractivity contribution in [3.63, 3.8) is 0 Å². The molecule has 0 amide bonds. The van der Waals surface area contributed by atoms with Crippen molar-refractivity contribution in [2.24, 2.45) is 0 Å². The van der Waals surface area contributed by atoms with E-state index in [1.54, 1.807) is 0 Å². The number of fused-ring (bicyclic) bond motifs is 1. The van der Waals surface area contributed by atoms with Crippen molar-refractivity contribution in [2.75, 3.05) is 20.8 Å². The van der Waals surface area contributed by atoms with Crippen LogP contribution in [0.5, 0.6) is 0 Å². The second kappa shape index (κ2) is 6.84. The topological polar surface area (TPSA) is 63.2 Å². The van der Waals surface area contributed by atoms with Crippen LogP contribution in [0, 0.1) is 0 Å². The van der Waals surface area contributed by atoms with Gasteiger partial charge in [-0.05, 0) is 0 Å². The maximum Gasteiger partial charge on any atom is 0.186 e. The second-order valence-corrected chi connectivity index (χ2v) is 6.17. The van der Waals surface area contributed by atoms with Crippen LogP contribution in [0.1, 0.15) is 11.9 Å². The van der Waals surface area contributed by atoms with Crippen LogP contribution in [0.25, 0.3) is 0 Å². The molecule has 1 unspecified atom stereocenters. The largest absolute Gasteiger partial charge is 0.374 e. The van der Waals surface area contributed by atoms with E-state index in [2.05, 4.69) is 0 Å². The van der Waals surface area contributed by atoms with Crippen LogP contribution in [0.2, 0.25) is 0 Å². The number of hydrogen-bond donors (Lipinski definition) is 0. The summed E-state index contributed by atoms with van der Waals surface area (Å²) in [4.78, 5) is 10.3. The van der Waals surface area contributed by atoms with E-state index in [0.717, 1.165) is 5.56 Å². The first-order valence-corrected chi connectivity index (χ1v) is 7.70. The molecule has 126 valence electrons. The summed E-state index contributed by atoms with van der Waals surface area (Å²) in [5, 5.41) is 0. The van der Waals surface area contributed by atoms with Gasteiger partial charge >= 0.3 is 0 Å². The molecule has 2 aliphatic rings. The molecule has 0 saturated carbocycles. The monoisotopic (exact) mass is 342 g/mol. The van der Waals surface area contributed by atoms with Crippen molar-refractivity contribution in [3.8, 4) is 0 Å². The van der Waals surface area contributed by atoms with Gasteiger partial charge in [-0.1, -0.05) is 30.3 Å². The zero-order chi connectivity index (χ0) is 16.4. The molecule has 2 saturated heterocycles. The van der Waals surface area contributed by atoms with Gasteiger partial charge in [-0.25, -0.2) is 0 Å². The number of rotatable bonds is 4. The smallest absolute Gasteiger partial charge is 0.186 e. The van der Waals surface area contributed by atoms with E-state index in [4.69, 9.17) is 35.3 Å². The zero-order valence-corrected chi connectivity index (χ0v) is 13.6. The maximum atomic E-state index is 11.8. The Morgan fingerprint density at radius 3 is 2.57 bits per heavy atom. The molecule has 0 radical (unpaired) electrons. The highest BCUT2D eigenvalue weighted by Crippen LogP contribution is 2.42. The molecule has 0 N–H and O–H groups in total. The summed E-state index contributed by atoms with van der Waals surface area (Å²) in [6.45, 7) is 0.239. The molecule has 1 aromatic carbocycles. The van der Waals surface area contributed by atoms with Gasteiger partial charge in [0.2, 0.25) is 0 Å². The van der Waals surface area contributed by atoms with E-state index >= 15 is 0 Å². The van der Waals surface area contributed by atoms with Gasteiger partial charge in [0.15, 0.2) is 17.5 Å². The molecule has 2 heterocycles. The maximum absolute atomic E-state index is 11.8. The van der Waals surface area contributed by atoms with Crippen molar-refractivity contribution >= 4 is 17.9 Å². The van der Waals surface area contributed by atoms with E-state index in [-0.39, 0.29) is 6.61 Å². The van der Waals surface area contributed by atoms with Gasteiger partial charge in [0, 0.05) is 19.8 Å². The first-order chi connectivity index (χ1) is 11.1. The average Bonchev–Trinajstić information content (AvgIpc) is 2.61. The van der Waals surface area contributed by atoms with Gasteiger partial charge in [-0.3, -0.25) is 0 Å². The Balaban J connectivity index is 1.88. The van der Waals surface area contributed by atoms with Crippen molar-refractivity contribution in [1.82, 2.24) is 0 Å². The highest BCUT2D eigenvalue weighted by Gasteiger charge is 2.59. The Bertz CT molecular complexity index is 541. The average molecular weight is 343 g/mol. The highest BCUT2D eigenvalue weighted by molar-refractivity contribution is 6.33. The van der Waals surface area contributed by atoms with Gasteiger partial charge in [0.25, 0.3) is 0 Å². The predicted octanol–water partition coefficient (Wildman–Crippen LogP) is 1.66. The van der Waals surface area contributed by atoms with Crippen LogP contribution in [0.4, 0.5) is 0 Å². The lowest BCUT2D eigenvalue weighted by atomic mass is 9.88. The molecule has 7 heteroatoms. The molecule has 23 heavy (non-hydrogen) atoms. The summed E-state index contributed by atoms with van der Waals surface area (Å²) in [7, 11) is 2.92. The summed E-state index contributed by atoms with van der Waals surface area (Å²) in [6.07, 6.45) is -2.77. The minimum atomic E-state index is -1.42. The Morgan fingerprint density at radius 2 is 1.96 bits per heavy atom. The van der Waals surface area contributed by atoms with Crippen LogP contribution in [0.3, 0.4) is 0 Å². The molecule has 0 aromatic heterocycles. The quantitative estimate of drug-likeness (QED) is 0.612. The molecule has 3 rings (SSSR count). The molecule has 0 aliphatic carbocycles. The number of ether oxygens (including phenoxy) is 5. The summed E-state index contributed by atoms with van der Waals surface area (Å²) >= 11 is 6.59. The van der Waals surface area contributed by atoms with Crippen molar-refractivity contribution in [3.05, 3.63) is 35.9 Å². The first kappa shape index (κ1) is 16.8. The summed E-state index contributed by atoms with van der Waals surface area (Å²) in [5.41, 5.74) is 0.846. The minimum absolute atomic E-state index is 0.239. The predicted molar refractivity (Wildman–Crippen MR) is 81.1 cm³/mol. The molecular weight excluding hydrogens is 324 g/mol. The minimum Gasteiger partial charge on any atom is -0.374 e. The van der Waals surface area contributed by atoms with E-state index in [1.165, 1.54) is 14.2 Å². The van der Waals surface area contributed by atoms with Gasteiger partial charge in [0.1, 0.15) is 24.6 Å². The molecule has 6 nitrogen and oxygen atoms in total. The number of carbonyl (C=O) groups excluding carboxylic acids is 1. The summed E-state index contributed by atoms with van der Waals surface area (Å²) in [5.74, 6) is 0. The Kier molecular flexibility index (Phi) is 5.01. The fraction of sp³-hybridized carbons (Fsp3) is 0.562. The Morgan fingerprint density at radius 1 is 1.22 bits per heavy atom. The van der Waals surface area contributed by atoms with Gasteiger partial charge in [-0.15, -0.1) is 11.6 Å². The van der Waals surface area contributed by atoms with Crippen LogP contribution in [-0.4, -0.2) is 56.6 Å². The van der Waals surface area contributed by atoms with E-state index in [9.17, 15) is 4.79 Å². The molecule has 1 aromatic rings. The van der Waals surface area contributed by atoms with E-state index < -0.39 is 35.8 Å². The third kappa shape index (κ3) is 2.91. The van der Waals surface area contributed by atoms with Crippen LogP contribution in [0.15, 0.2) is 30.3 Å². The summed E-state index contributed by atoms with van der Waals surface area (Å²) < 4.78 is 28.1. The van der Waals surface area contributed by atoms with Crippen molar-refractivity contribution < 1.29 is 28.5 Å². The molecular formula is C16H19ClO6.